The number of fused-ring (bicyclic) bond motifs is 1. The van der Waals surface area contributed by atoms with Gasteiger partial charge in [-0.3, -0.25) is 14.9 Å². The van der Waals surface area contributed by atoms with Crippen molar-refractivity contribution in [3.05, 3.63) is 81.0 Å². The molecule has 0 fully saturated rings. The van der Waals surface area contributed by atoms with E-state index in [1.165, 1.54) is 26.4 Å². The second-order valence-corrected chi connectivity index (χ2v) is 9.48. The zero-order chi connectivity index (χ0) is 28.6. The van der Waals surface area contributed by atoms with E-state index in [2.05, 4.69) is 10.6 Å². The first-order chi connectivity index (χ1) is 19.3. The third-order valence-electron chi connectivity index (χ3n) is 7.29. The SMILES string of the molecule is COc1cc([C@H]2Nc3ccccc3NC3=C2C(=O)C[C@H](c2cc(OC)c(OC)c(OC)c2)C3)cc([N+](=O)[O-])c1O. The number of nitro benzene ring substituents is 1. The molecule has 2 atom stereocenters. The Morgan fingerprint density at radius 3 is 2.10 bits per heavy atom. The molecule has 0 aromatic heterocycles. The van der Waals surface area contributed by atoms with Gasteiger partial charge in [-0.05, 0) is 53.8 Å². The van der Waals surface area contributed by atoms with Crippen molar-refractivity contribution in [2.24, 2.45) is 0 Å². The standard InChI is InChI=1S/C29H29N3O8/c1-37-23-14-17(10-21(28(23)34)32(35)36)27-26-20(30-18-7-5-6-8-19(18)31-27)9-15(11-22(26)33)16-12-24(38-2)29(40-4)25(13-16)39-3/h5-8,10,12-15,27,30-31,34H,9,11H2,1-4H3/t15-,27-/m1/s1. The topological polar surface area (TPSA) is 141 Å². The molecule has 0 amide bonds. The minimum absolute atomic E-state index is 0.0581. The number of carbonyl (C=O) groups is 1. The number of hydrogen-bond donors (Lipinski definition) is 3. The van der Waals surface area contributed by atoms with Gasteiger partial charge in [-0.15, -0.1) is 0 Å². The molecule has 11 nitrogen and oxygen atoms in total. The number of methoxy groups -OCH3 is 4. The van der Waals surface area contributed by atoms with Gasteiger partial charge >= 0.3 is 5.69 Å². The molecular weight excluding hydrogens is 518 g/mol. The highest BCUT2D eigenvalue weighted by Gasteiger charge is 2.38. The Bertz CT molecular complexity index is 1510. The summed E-state index contributed by atoms with van der Waals surface area (Å²) in [7, 11) is 5.93. The summed E-state index contributed by atoms with van der Waals surface area (Å²) in [4.78, 5) is 25.0. The molecule has 5 rings (SSSR count). The minimum Gasteiger partial charge on any atom is -0.500 e. The van der Waals surface area contributed by atoms with E-state index in [1.54, 1.807) is 14.2 Å². The predicted octanol–water partition coefficient (Wildman–Crippen LogP) is 5.31. The Labute approximate surface area is 230 Å². The lowest BCUT2D eigenvalue weighted by atomic mass is 9.78. The number of Topliss-reactive ketones (excluding diaryl/α,β-unsaturated/α-hetero) is 1. The molecule has 208 valence electrons. The fraction of sp³-hybridized carbons (Fsp3) is 0.276. The van der Waals surface area contributed by atoms with Crippen LogP contribution in [-0.4, -0.2) is 44.3 Å². The van der Waals surface area contributed by atoms with Crippen LogP contribution in [0.25, 0.3) is 0 Å². The molecule has 1 aliphatic heterocycles. The third kappa shape index (κ3) is 4.59. The van der Waals surface area contributed by atoms with Gasteiger partial charge in [-0.2, -0.15) is 0 Å². The molecule has 0 saturated heterocycles. The average molecular weight is 548 g/mol. The van der Waals surface area contributed by atoms with Crippen LogP contribution in [0.15, 0.2) is 59.8 Å². The largest absolute Gasteiger partial charge is 0.500 e. The quantitative estimate of drug-likeness (QED) is 0.263. The van der Waals surface area contributed by atoms with Crippen LogP contribution in [0.1, 0.15) is 35.9 Å². The van der Waals surface area contributed by atoms with E-state index >= 15 is 0 Å². The van der Waals surface area contributed by atoms with Crippen LogP contribution in [0, 0.1) is 10.1 Å². The highest BCUT2D eigenvalue weighted by Crippen LogP contribution is 2.48. The van der Waals surface area contributed by atoms with Crippen LogP contribution in [-0.2, 0) is 4.79 Å². The minimum atomic E-state index is -0.743. The molecule has 0 spiro atoms. The number of rotatable bonds is 7. The van der Waals surface area contributed by atoms with Crippen molar-refractivity contribution in [1.29, 1.82) is 0 Å². The van der Waals surface area contributed by atoms with Crippen LogP contribution in [0.4, 0.5) is 17.1 Å². The number of carbonyl (C=O) groups excluding carboxylic acids is 1. The second-order valence-electron chi connectivity index (χ2n) is 9.48. The first kappa shape index (κ1) is 26.7. The zero-order valence-corrected chi connectivity index (χ0v) is 22.4. The summed E-state index contributed by atoms with van der Waals surface area (Å²) in [5.41, 5.74) is 3.37. The van der Waals surface area contributed by atoms with Gasteiger partial charge in [0.1, 0.15) is 0 Å². The Morgan fingerprint density at radius 1 is 0.875 bits per heavy atom. The van der Waals surface area contributed by atoms with Gasteiger partial charge in [0.05, 0.1) is 50.8 Å². The van der Waals surface area contributed by atoms with Crippen molar-refractivity contribution < 1.29 is 33.8 Å². The van der Waals surface area contributed by atoms with Gasteiger partial charge < -0.3 is 34.7 Å². The van der Waals surface area contributed by atoms with E-state index in [9.17, 15) is 20.0 Å². The third-order valence-corrected chi connectivity index (χ3v) is 7.29. The summed E-state index contributed by atoms with van der Waals surface area (Å²) in [5.74, 6) is 0.476. The number of hydrogen-bond acceptors (Lipinski definition) is 10. The lowest BCUT2D eigenvalue weighted by molar-refractivity contribution is -0.386. The van der Waals surface area contributed by atoms with Gasteiger partial charge in [-0.25, -0.2) is 0 Å². The molecular formula is C29H29N3O8. The summed E-state index contributed by atoms with van der Waals surface area (Å²) >= 11 is 0. The molecule has 0 unspecified atom stereocenters. The predicted molar refractivity (Wildman–Crippen MR) is 148 cm³/mol. The number of aromatic hydroxyl groups is 1. The van der Waals surface area contributed by atoms with E-state index in [4.69, 9.17) is 18.9 Å². The maximum atomic E-state index is 13.9. The lowest BCUT2D eigenvalue weighted by Crippen LogP contribution is -2.27. The molecule has 0 saturated carbocycles. The molecule has 3 aromatic carbocycles. The Kier molecular flexibility index (Phi) is 7.12. The first-order valence-electron chi connectivity index (χ1n) is 12.5. The molecule has 1 aliphatic carbocycles. The van der Waals surface area contributed by atoms with Crippen molar-refractivity contribution in [3.8, 4) is 28.7 Å². The van der Waals surface area contributed by atoms with E-state index in [1.807, 2.05) is 36.4 Å². The highest BCUT2D eigenvalue weighted by molar-refractivity contribution is 6.01. The maximum absolute atomic E-state index is 13.9. The number of nitrogens with one attached hydrogen (secondary N) is 2. The molecule has 3 N–H and O–H groups in total. The van der Waals surface area contributed by atoms with Crippen LogP contribution < -0.4 is 29.6 Å². The number of anilines is 2. The van der Waals surface area contributed by atoms with Crippen molar-refractivity contribution in [1.82, 2.24) is 0 Å². The Hall–Kier alpha value is -4.93. The van der Waals surface area contributed by atoms with Crippen LogP contribution >= 0.6 is 0 Å². The molecule has 1 heterocycles. The summed E-state index contributed by atoms with van der Waals surface area (Å²) in [6.45, 7) is 0. The number of ether oxygens (including phenoxy) is 4. The van der Waals surface area contributed by atoms with E-state index in [-0.39, 0.29) is 23.9 Å². The van der Waals surface area contributed by atoms with Gasteiger partial charge in [-0.1, -0.05) is 12.1 Å². The monoisotopic (exact) mass is 547 g/mol. The van der Waals surface area contributed by atoms with E-state index in [0.717, 1.165) is 11.3 Å². The van der Waals surface area contributed by atoms with Gasteiger partial charge in [0.15, 0.2) is 23.0 Å². The number of phenolic OH excluding ortho intramolecular Hbond substituents is 1. The molecule has 40 heavy (non-hydrogen) atoms. The van der Waals surface area contributed by atoms with Crippen LogP contribution in [0.3, 0.4) is 0 Å². The molecule has 0 bridgehead atoms. The fourth-order valence-corrected chi connectivity index (χ4v) is 5.39. The second kappa shape index (κ2) is 10.7. The van der Waals surface area contributed by atoms with Gasteiger partial charge in [0.2, 0.25) is 11.5 Å². The van der Waals surface area contributed by atoms with Crippen LogP contribution in [0.2, 0.25) is 0 Å². The lowest BCUT2D eigenvalue weighted by Gasteiger charge is -2.30. The van der Waals surface area contributed by atoms with Gasteiger partial charge in [0.25, 0.3) is 0 Å². The molecule has 0 radical (unpaired) electrons. The number of allylic oxidation sites excluding steroid dienone is 1. The van der Waals surface area contributed by atoms with Gasteiger partial charge in [0, 0.05) is 23.8 Å². The molecule has 2 aliphatic rings. The number of nitro groups is 1. The fourth-order valence-electron chi connectivity index (χ4n) is 5.39. The van der Waals surface area contributed by atoms with E-state index < -0.39 is 22.4 Å². The molecule has 3 aromatic rings. The van der Waals surface area contributed by atoms with Crippen LogP contribution in [0.5, 0.6) is 28.7 Å². The molecule has 11 heteroatoms. The Morgan fingerprint density at radius 2 is 1.50 bits per heavy atom. The van der Waals surface area contributed by atoms with Crippen molar-refractivity contribution in [2.75, 3.05) is 39.1 Å². The summed E-state index contributed by atoms with van der Waals surface area (Å²) in [5, 5.41) is 28.9. The summed E-state index contributed by atoms with van der Waals surface area (Å²) < 4.78 is 21.8. The first-order valence-corrected chi connectivity index (χ1v) is 12.5. The van der Waals surface area contributed by atoms with Crippen molar-refractivity contribution >= 4 is 22.8 Å². The Balaban J connectivity index is 1.65. The number of nitrogens with zero attached hydrogens (tertiary/aromatic N) is 1. The van der Waals surface area contributed by atoms with E-state index in [0.29, 0.717) is 46.2 Å². The number of phenols is 1. The smallest absolute Gasteiger partial charge is 0.315 e. The van der Waals surface area contributed by atoms with Crippen molar-refractivity contribution in [2.45, 2.75) is 24.8 Å². The number of benzene rings is 3. The summed E-state index contributed by atoms with van der Waals surface area (Å²) in [6, 6.07) is 13.2. The normalized spacial score (nSPS) is 17.9. The highest BCUT2D eigenvalue weighted by atomic mass is 16.6. The summed E-state index contributed by atoms with van der Waals surface area (Å²) in [6.07, 6.45) is 0.661. The average Bonchev–Trinajstić information content (AvgIpc) is 3.13. The number of ketones is 1. The zero-order valence-electron chi connectivity index (χ0n) is 22.4. The number of para-hydroxylation sites is 2. The maximum Gasteiger partial charge on any atom is 0.315 e. The van der Waals surface area contributed by atoms with Crippen molar-refractivity contribution in [3.63, 3.8) is 0 Å².